The lowest BCUT2D eigenvalue weighted by Gasteiger charge is -2.62. The summed E-state index contributed by atoms with van der Waals surface area (Å²) in [4.78, 5) is 0. The molecular weight excluding hydrogens is 223 g/mol. The summed E-state index contributed by atoms with van der Waals surface area (Å²) >= 11 is 0. The maximum atomic E-state index is 2.51. The van der Waals surface area contributed by atoms with Crippen molar-refractivity contribution in [3.63, 3.8) is 0 Å². The van der Waals surface area contributed by atoms with Gasteiger partial charge in [-0.2, -0.15) is 0 Å². The SMILES string of the molecule is CCP(C(C)(C)C)C12CC3CC(CC(C3)C1)C2. The molecule has 98 valence electrons. The van der Waals surface area contributed by atoms with Gasteiger partial charge in [-0.3, -0.25) is 0 Å². The highest BCUT2D eigenvalue weighted by atomic mass is 31.1. The van der Waals surface area contributed by atoms with Gasteiger partial charge in [0.15, 0.2) is 0 Å². The summed E-state index contributed by atoms with van der Waals surface area (Å²) in [6, 6.07) is 0. The summed E-state index contributed by atoms with van der Waals surface area (Å²) in [6.45, 7) is 10.0. The predicted octanol–water partition coefficient (Wildman–Crippen LogP) is 5.26. The molecule has 1 unspecified atom stereocenters. The van der Waals surface area contributed by atoms with Crippen molar-refractivity contribution in [2.75, 3.05) is 6.16 Å². The third kappa shape index (κ3) is 1.99. The smallest absolute Gasteiger partial charge is 0.00819 e. The fourth-order valence-electron chi connectivity index (χ4n) is 5.92. The number of hydrogen-bond acceptors (Lipinski definition) is 0. The van der Waals surface area contributed by atoms with E-state index in [1.807, 2.05) is 0 Å². The summed E-state index contributed by atoms with van der Waals surface area (Å²) in [5, 5.41) is 1.40. The molecule has 0 N–H and O–H groups in total. The van der Waals surface area contributed by atoms with Gasteiger partial charge in [0.1, 0.15) is 0 Å². The molecule has 4 saturated carbocycles. The molecule has 0 heterocycles. The maximum Gasteiger partial charge on any atom is -0.00819 e. The molecule has 0 spiro atoms. The van der Waals surface area contributed by atoms with Gasteiger partial charge in [-0.15, -0.1) is 0 Å². The topological polar surface area (TPSA) is 0 Å². The van der Waals surface area contributed by atoms with E-state index >= 15 is 0 Å². The quantitative estimate of drug-likeness (QED) is 0.588. The monoisotopic (exact) mass is 252 g/mol. The fraction of sp³-hybridized carbons (Fsp3) is 1.00. The second kappa shape index (κ2) is 3.96. The van der Waals surface area contributed by atoms with Crippen molar-refractivity contribution in [1.82, 2.24) is 0 Å². The maximum absolute atomic E-state index is 2.51. The Kier molecular flexibility index (Phi) is 2.90. The lowest BCUT2D eigenvalue weighted by molar-refractivity contribution is 0.0348. The summed E-state index contributed by atoms with van der Waals surface area (Å²) in [5.41, 5.74) is 0. The van der Waals surface area contributed by atoms with E-state index in [-0.39, 0.29) is 7.92 Å². The lowest BCUT2D eigenvalue weighted by Crippen LogP contribution is -2.51. The molecule has 4 fully saturated rings. The van der Waals surface area contributed by atoms with Crippen molar-refractivity contribution < 1.29 is 0 Å². The molecule has 0 radical (unpaired) electrons. The second-order valence-corrected chi connectivity index (χ2v) is 11.8. The van der Waals surface area contributed by atoms with Gasteiger partial charge in [0.2, 0.25) is 0 Å². The van der Waals surface area contributed by atoms with E-state index in [1.54, 1.807) is 38.5 Å². The Labute approximate surface area is 109 Å². The molecule has 4 aliphatic carbocycles. The van der Waals surface area contributed by atoms with Crippen LogP contribution in [0.3, 0.4) is 0 Å². The molecule has 4 rings (SSSR count). The van der Waals surface area contributed by atoms with Crippen LogP contribution in [0.5, 0.6) is 0 Å². The van der Waals surface area contributed by atoms with Gasteiger partial charge in [-0.1, -0.05) is 35.6 Å². The van der Waals surface area contributed by atoms with Gasteiger partial charge in [-0.25, -0.2) is 0 Å². The van der Waals surface area contributed by atoms with Crippen molar-refractivity contribution in [2.24, 2.45) is 17.8 Å². The zero-order valence-corrected chi connectivity index (χ0v) is 13.0. The first-order chi connectivity index (χ1) is 7.93. The van der Waals surface area contributed by atoms with Crippen molar-refractivity contribution in [3.05, 3.63) is 0 Å². The van der Waals surface area contributed by atoms with Crippen LogP contribution in [0.25, 0.3) is 0 Å². The average Bonchev–Trinajstić information content (AvgIpc) is 2.12. The van der Waals surface area contributed by atoms with Crippen LogP contribution in [0.4, 0.5) is 0 Å². The fourth-order valence-corrected chi connectivity index (χ4v) is 10.4. The average molecular weight is 252 g/mol. The van der Waals surface area contributed by atoms with Crippen LogP contribution in [0.2, 0.25) is 0 Å². The molecule has 17 heavy (non-hydrogen) atoms. The molecule has 1 heteroatoms. The summed E-state index contributed by atoms with van der Waals surface area (Å²) in [6.07, 6.45) is 11.1. The highest BCUT2D eigenvalue weighted by Gasteiger charge is 2.55. The Balaban J connectivity index is 1.90. The van der Waals surface area contributed by atoms with E-state index in [1.165, 1.54) is 6.16 Å². The largest absolute Gasteiger partial charge is 0.0950 e. The van der Waals surface area contributed by atoms with Crippen LogP contribution in [0.15, 0.2) is 0 Å². The third-order valence-electron chi connectivity index (χ3n) is 5.70. The van der Waals surface area contributed by atoms with Crippen LogP contribution in [0.1, 0.15) is 66.2 Å². The molecule has 0 aromatic heterocycles. The first-order valence-corrected chi connectivity index (χ1v) is 9.23. The van der Waals surface area contributed by atoms with Crippen LogP contribution in [-0.2, 0) is 0 Å². The summed E-state index contributed by atoms with van der Waals surface area (Å²) in [7, 11) is 0.226. The second-order valence-electron chi connectivity index (χ2n) is 8.06. The van der Waals surface area contributed by atoms with E-state index < -0.39 is 0 Å². The minimum Gasteiger partial charge on any atom is -0.0950 e. The Morgan fingerprint density at radius 2 is 1.35 bits per heavy atom. The van der Waals surface area contributed by atoms with Gasteiger partial charge in [0, 0.05) is 0 Å². The molecule has 4 aliphatic rings. The molecule has 1 atom stereocenters. The Morgan fingerprint density at radius 3 is 1.65 bits per heavy atom. The lowest BCUT2D eigenvalue weighted by atomic mass is 9.56. The van der Waals surface area contributed by atoms with E-state index in [2.05, 4.69) is 27.7 Å². The predicted molar refractivity (Wildman–Crippen MR) is 78.1 cm³/mol. The van der Waals surface area contributed by atoms with Crippen molar-refractivity contribution in [2.45, 2.75) is 76.5 Å². The van der Waals surface area contributed by atoms with Gasteiger partial charge in [0.05, 0.1) is 0 Å². The minimum absolute atomic E-state index is 0.226. The summed E-state index contributed by atoms with van der Waals surface area (Å²) in [5.74, 6) is 3.38. The molecule has 0 amide bonds. The number of hydrogen-bond donors (Lipinski definition) is 0. The normalized spacial score (nSPS) is 46.2. The zero-order valence-electron chi connectivity index (χ0n) is 12.1. The molecule has 0 nitrogen and oxygen atoms in total. The molecular formula is C16H29P. The highest BCUT2D eigenvalue weighted by Crippen LogP contribution is 2.72. The molecule has 0 saturated heterocycles. The third-order valence-corrected chi connectivity index (χ3v) is 9.65. The Morgan fingerprint density at radius 1 is 0.941 bits per heavy atom. The zero-order chi connectivity index (χ0) is 12.3. The number of rotatable bonds is 2. The summed E-state index contributed by atoms with van der Waals surface area (Å²) < 4.78 is 0. The van der Waals surface area contributed by atoms with Crippen LogP contribution >= 0.6 is 7.92 Å². The molecule has 0 aliphatic heterocycles. The molecule has 0 aromatic carbocycles. The molecule has 0 aromatic rings. The Hall–Kier alpha value is 0.430. The first kappa shape index (κ1) is 12.5. The van der Waals surface area contributed by atoms with Crippen LogP contribution in [-0.4, -0.2) is 16.5 Å². The Bertz CT molecular complexity index is 264. The van der Waals surface area contributed by atoms with E-state index in [4.69, 9.17) is 0 Å². The van der Waals surface area contributed by atoms with Crippen LogP contribution in [0, 0.1) is 17.8 Å². The van der Waals surface area contributed by atoms with Crippen molar-refractivity contribution in [3.8, 4) is 0 Å². The first-order valence-electron chi connectivity index (χ1n) is 7.71. The van der Waals surface area contributed by atoms with Gasteiger partial charge >= 0.3 is 0 Å². The van der Waals surface area contributed by atoms with E-state index in [9.17, 15) is 0 Å². The standard InChI is InChI=1S/C16H29P/c1-5-17(15(2,3)4)16-9-12-6-13(10-16)8-14(7-12)11-16/h12-14H,5-11H2,1-4H3. The molecule has 4 bridgehead atoms. The van der Waals surface area contributed by atoms with Gasteiger partial charge < -0.3 is 0 Å². The van der Waals surface area contributed by atoms with Crippen molar-refractivity contribution >= 4 is 7.92 Å². The van der Waals surface area contributed by atoms with E-state index in [0.717, 1.165) is 22.9 Å². The van der Waals surface area contributed by atoms with E-state index in [0.29, 0.717) is 5.16 Å². The van der Waals surface area contributed by atoms with Crippen molar-refractivity contribution in [1.29, 1.82) is 0 Å². The van der Waals surface area contributed by atoms with Gasteiger partial charge in [-0.05, 0) is 72.8 Å². The van der Waals surface area contributed by atoms with Gasteiger partial charge in [0.25, 0.3) is 0 Å². The van der Waals surface area contributed by atoms with Crippen LogP contribution < -0.4 is 0 Å². The highest BCUT2D eigenvalue weighted by molar-refractivity contribution is 7.60. The minimum atomic E-state index is 0.226.